The highest BCUT2D eigenvalue weighted by atomic mass is 16.6. The van der Waals surface area contributed by atoms with E-state index in [2.05, 4.69) is 30.2 Å². The first kappa shape index (κ1) is 37.1. The summed E-state index contributed by atoms with van der Waals surface area (Å²) >= 11 is 0. The number of fused-ring (bicyclic) bond motifs is 5. The Balaban J connectivity index is 1.14. The summed E-state index contributed by atoms with van der Waals surface area (Å²) < 4.78 is 23.9. The lowest BCUT2D eigenvalue weighted by Crippen LogP contribution is -2.32. The molecule has 2 aromatic carbocycles. The van der Waals surface area contributed by atoms with Gasteiger partial charge in [-0.25, -0.2) is 4.68 Å². The quantitative estimate of drug-likeness (QED) is 0.129. The van der Waals surface area contributed by atoms with Crippen LogP contribution in [0.15, 0.2) is 48.5 Å². The summed E-state index contributed by atoms with van der Waals surface area (Å²) in [6, 6.07) is 16.0. The van der Waals surface area contributed by atoms with E-state index >= 15 is 0 Å². The van der Waals surface area contributed by atoms with Crippen LogP contribution in [0.3, 0.4) is 0 Å². The van der Waals surface area contributed by atoms with E-state index in [1.807, 2.05) is 61.0 Å². The van der Waals surface area contributed by atoms with Gasteiger partial charge in [-0.2, -0.15) is 0 Å². The molecule has 3 aromatic rings. The van der Waals surface area contributed by atoms with Crippen molar-refractivity contribution in [3.8, 4) is 22.5 Å². The van der Waals surface area contributed by atoms with Crippen LogP contribution >= 0.6 is 0 Å². The lowest BCUT2D eigenvalue weighted by atomic mass is 9.95. The molecule has 11 heteroatoms. The lowest BCUT2D eigenvalue weighted by molar-refractivity contribution is -0.124. The minimum absolute atomic E-state index is 0.0405. The summed E-state index contributed by atoms with van der Waals surface area (Å²) in [5.74, 6) is 0.184. The fourth-order valence-corrected chi connectivity index (χ4v) is 5.46. The molecule has 4 rings (SSSR count). The Morgan fingerprint density at radius 3 is 1.98 bits per heavy atom. The average Bonchev–Trinajstić information content (AvgIpc) is 3.52. The van der Waals surface area contributed by atoms with Crippen molar-refractivity contribution in [2.75, 3.05) is 57.8 Å². The second kappa shape index (κ2) is 19.3. The Kier molecular flexibility index (Phi) is 14.9. The minimum atomic E-state index is -0.103. The number of rotatable bonds is 21. The SMILES string of the molecule is CC(C)C(=O)CCOCCOCCOCCOCCCC(=O)CCC(=O)N1Cc2ccccc2-c2c(nnn2C(C)C)-c2ccccc21. The molecule has 0 bridgehead atoms. The zero-order valence-corrected chi connectivity index (χ0v) is 28.8. The lowest BCUT2D eigenvalue weighted by Gasteiger charge is -2.28. The summed E-state index contributed by atoms with van der Waals surface area (Å²) in [5.41, 5.74) is 5.31. The number of benzene rings is 2. The van der Waals surface area contributed by atoms with Gasteiger partial charge in [-0.15, -0.1) is 5.10 Å². The van der Waals surface area contributed by atoms with Gasteiger partial charge in [0.1, 0.15) is 17.3 Å². The van der Waals surface area contributed by atoms with Crippen LogP contribution in [0.2, 0.25) is 0 Å². The molecule has 1 aromatic heterocycles. The zero-order valence-electron chi connectivity index (χ0n) is 28.8. The smallest absolute Gasteiger partial charge is 0.227 e. The van der Waals surface area contributed by atoms with Crippen LogP contribution in [0, 0.1) is 5.92 Å². The monoisotopic (exact) mass is 662 g/mol. The van der Waals surface area contributed by atoms with Crippen molar-refractivity contribution in [3.63, 3.8) is 0 Å². The molecule has 1 amide bonds. The van der Waals surface area contributed by atoms with Gasteiger partial charge < -0.3 is 23.8 Å². The highest BCUT2D eigenvalue weighted by Crippen LogP contribution is 2.41. The van der Waals surface area contributed by atoms with Crippen molar-refractivity contribution in [2.45, 2.75) is 72.4 Å². The van der Waals surface area contributed by atoms with E-state index in [1.165, 1.54) is 0 Å². The molecule has 48 heavy (non-hydrogen) atoms. The maximum Gasteiger partial charge on any atom is 0.227 e. The first-order chi connectivity index (χ1) is 23.3. The molecule has 0 unspecified atom stereocenters. The molecule has 260 valence electrons. The molecule has 0 radical (unpaired) electrons. The molecule has 11 nitrogen and oxygen atoms in total. The number of amides is 1. The molecular formula is C37H50N4O7. The van der Waals surface area contributed by atoms with Gasteiger partial charge in [0.25, 0.3) is 0 Å². The molecule has 0 aliphatic carbocycles. The maximum atomic E-state index is 13.7. The molecule has 0 N–H and O–H groups in total. The Hall–Kier alpha value is -3.77. The van der Waals surface area contributed by atoms with E-state index in [1.54, 1.807) is 4.90 Å². The molecule has 0 saturated carbocycles. The first-order valence-electron chi connectivity index (χ1n) is 17.1. The summed E-state index contributed by atoms with van der Waals surface area (Å²) in [7, 11) is 0. The molecular weight excluding hydrogens is 612 g/mol. The predicted molar refractivity (Wildman–Crippen MR) is 184 cm³/mol. The number of carbonyl (C=O) groups is 3. The second-order valence-electron chi connectivity index (χ2n) is 12.4. The molecule has 0 saturated heterocycles. The third-order valence-electron chi connectivity index (χ3n) is 8.15. The van der Waals surface area contributed by atoms with Crippen molar-refractivity contribution in [1.82, 2.24) is 15.0 Å². The highest BCUT2D eigenvalue weighted by molar-refractivity contribution is 6.01. The van der Waals surface area contributed by atoms with Gasteiger partial charge >= 0.3 is 0 Å². The zero-order chi connectivity index (χ0) is 34.3. The second-order valence-corrected chi connectivity index (χ2v) is 12.4. The van der Waals surface area contributed by atoms with E-state index < -0.39 is 0 Å². The van der Waals surface area contributed by atoms with E-state index in [0.717, 1.165) is 33.8 Å². The number of aromatic nitrogens is 3. The number of anilines is 1. The number of para-hydroxylation sites is 1. The number of carbonyl (C=O) groups excluding carboxylic acids is 3. The van der Waals surface area contributed by atoms with Crippen LogP contribution in [0.5, 0.6) is 0 Å². The van der Waals surface area contributed by atoms with Crippen molar-refractivity contribution in [1.29, 1.82) is 0 Å². The van der Waals surface area contributed by atoms with E-state index in [4.69, 9.17) is 18.9 Å². The molecule has 0 spiro atoms. The predicted octanol–water partition coefficient (Wildman–Crippen LogP) is 5.85. The van der Waals surface area contributed by atoms with Crippen LogP contribution in [-0.2, 0) is 39.9 Å². The van der Waals surface area contributed by atoms with Crippen molar-refractivity contribution < 1.29 is 33.3 Å². The summed E-state index contributed by atoms with van der Waals surface area (Å²) in [6.45, 7) is 11.9. The van der Waals surface area contributed by atoms with Crippen LogP contribution in [0.4, 0.5) is 5.69 Å². The Labute approximate surface area is 283 Å². The number of ketones is 2. The Bertz CT molecular complexity index is 1490. The first-order valence-corrected chi connectivity index (χ1v) is 17.1. The van der Waals surface area contributed by atoms with Crippen LogP contribution in [0.1, 0.15) is 71.4 Å². The minimum Gasteiger partial charge on any atom is -0.379 e. The number of hydrogen-bond acceptors (Lipinski definition) is 9. The number of hydrogen-bond donors (Lipinski definition) is 0. The fourth-order valence-electron chi connectivity index (χ4n) is 5.46. The highest BCUT2D eigenvalue weighted by Gasteiger charge is 2.29. The standard InChI is InChI=1S/C37H50N4O7/c1-27(2)34(43)17-19-46-21-23-48-25-24-47-22-20-45-18-9-11-30(42)15-16-35(44)40-26-29-10-5-6-12-31(29)37-36(38-39-41(37)28(3)4)32-13-7-8-14-33(32)40/h5-8,10,12-14,27-28H,9,11,15-26H2,1-4H3. The number of ether oxygens (including phenoxy) is 4. The molecule has 2 heterocycles. The van der Waals surface area contributed by atoms with E-state index in [0.29, 0.717) is 78.7 Å². The molecule has 1 aliphatic heterocycles. The average molecular weight is 663 g/mol. The maximum absolute atomic E-state index is 13.7. The third-order valence-corrected chi connectivity index (χ3v) is 8.15. The van der Waals surface area contributed by atoms with Gasteiger partial charge in [0.2, 0.25) is 5.91 Å². The van der Waals surface area contributed by atoms with Gasteiger partial charge in [0.15, 0.2) is 0 Å². The summed E-state index contributed by atoms with van der Waals surface area (Å²) in [5, 5.41) is 9.04. The van der Waals surface area contributed by atoms with E-state index in [9.17, 15) is 14.4 Å². The number of Topliss-reactive ketones (excluding diaryl/α,β-unsaturated/α-hetero) is 2. The van der Waals surface area contributed by atoms with Crippen molar-refractivity contribution >= 4 is 23.2 Å². The summed E-state index contributed by atoms with van der Waals surface area (Å²) in [6.07, 6.45) is 1.69. The molecule has 1 aliphatic rings. The van der Waals surface area contributed by atoms with Crippen molar-refractivity contribution in [2.24, 2.45) is 5.92 Å². The number of nitrogens with zero attached hydrogens (tertiary/aromatic N) is 4. The van der Waals surface area contributed by atoms with Gasteiger partial charge in [0.05, 0.1) is 64.2 Å². The molecule has 0 fully saturated rings. The topological polar surface area (TPSA) is 122 Å². The van der Waals surface area contributed by atoms with Crippen LogP contribution in [0.25, 0.3) is 22.5 Å². The van der Waals surface area contributed by atoms with Gasteiger partial charge in [0, 0.05) is 55.4 Å². The Morgan fingerprint density at radius 1 is 0.708 bits per heavy atom. The summed E-state index contributed by atoms with van der Waals surface area (Å²) in [4.78, 5) is 39.7. The molecule has 0 atom stereocenters. The van der Waals surface area contributed by atoms with Gasteiger partial charge in [-0.1, -0.05) is 61.5 Å². The van der Waals surface area contributed by atoms with Crippen molar-refractivity contribution in [3.05, 3.63) is 54.1 Å². The normalized spacial score (nSPS) is 12.4. The van der Waals surface area contributed by atoms with Gasteiger partial charge in [-0.3, -0.25) is 14.4 Å². The fraction of sp³-hybridized carbons (Fsp3) is 0.541. The van der Waals surface area contributed by atoms with Crippen LogP contribution in [-0.4, -0.2) is 85.3 Å². The Morgan fingerprint density at radius 2 is 1.31 bits per heavy atom. The largest absolute Gasteiger partial charge is 0.379 e. The van der Waals surface area contributed by atoms with Gasteiger partial charge in [-0.05, 0) is 31.9 Å². The van der Waals surface area contributed by atoms with E-state index in [-0.39, 0.29) is 42.3 Å². The third kappa shape index (κ3) is 10.6. The van der Waals surface area contributed by atoms with Crippen LogP contribution < -0.4 is 4.90 Å².